The quantitative estimate of drug-likeness (QED) is 0.544. The molecule has 0 amide bonds. The highest BCUT2D eigenvalue weighted by Crippen LogP contribution is 2.38. The van der Waals surface area contributed by atoms with Crippen LogP contribution in [0.5, 0.6) is 0 Å². The molecule has 0 saturated carbocycles. The van der Waals surface area contributed by atoms with Crippen molar-refractivity contribution in [2.75, 3.05) is 0 Å². The minimum Gasteiger partial charge on any atom is -0.384 e. The fourth-order valence-electron chi connectivity index (χ4n) is 3.59. The predicted octanol–water partition coefficient (Wildman–Crippen LogP) is 2.37. The fraction of sp³-hybridized carbons (Fsp3) is 0.333. The Bertz CT molecular complexity index is 1140. The molecule has 1 atom stereocenters. The summed E-state index contributed by atoms with van der Waals surface area (Å²) in [5.41, 5.74) is 1.13. The molecule has 0 saturated heterocycles. The van der Waals surface area contributed by atoms with Crippen molar-refractivity contribution < 1.29 is 5.11 Å². The summed E-state index contributed by atoms with van der Waals surface area (Å²) in [6.45, 7) is 5.99. The van der Waals surface area contributed by atoms with Gasteiger partial charge in [0.05, 0.1) is 12.2 Å². The molecule has 3 aromatic heterocycles. The first-order valence-corrected chi connectivity index (χ1v) is 8.94. The molecule has 134 valence electrons. The fourth-order valence-corrected chi connectivity index (χ4v) is 3.74. The molecular formula is C18H19N5O2S. The Morgan fingerprint density at radius 1 is 1.50 bits per heavy atom. The minimum absolute atomic E-state index is 0.202. The van der Waals surface area contributed by atoms with Gasteiger partial charge in [-0.05, 0) is 43.1 Å². The average molecular weight is 369 g/mol. The Balaban J connectivity index is 2.04. The summed E-state index contributed by atoms with van der Waals surface area (Å²) in [5.74, 6) is 0.545. The van der Waals surface area contributed by atoms with Crippen LogP contribution in [0.4, 0.5) is 0 Å². The third-order valence-electron chi connectivity index (χ3n) is 5.03. The van der Waals surface area contributed by atoms with E-state index in [1.165, 1.54) is 10.9 Å². The van der Waals surface area contributed by atoms with Gasteiger partial charge in [0.15, 0.2) is 10.6 Å². The molecule has 0 fully saturated rings. The van der Waals surface area contributed by atoms with Gasteiger partial charge in [-0.25, -0.2) is 19.3 Å². The standard InChI is InChI=1S/C18H19N5O2S/c1-3-9-22-16(24)12-10-19-17(26)21-15(12)23(22)13-6-5-11-7-8-18(25,4-2)14(11)20-13/h3,5-6,10,25H,1,4,7-9H2,2H3,(H,19,21,26)/t18-/m1/s1. The van der Waals surface area contributed by atoms with E-state index in [2.05, 4.69) is 16.5 Å². The summed E-state index contributed by atoms with van der Waals surface area (Å²) in [6, 6.07) is 3.83. The second-order valence-corrected chi connectivity index (χ2v) is 6.89. The van der Waals surface area contributed by atoms with E-state index in [0.717, 1.165) is 12.0 Å². The lowest BCUT2D eigenvalue weighted by Crippen LogP contribution is -2.25. The number of pyridine rings is 1. The van der Waals surface area contributed by atoms with Crippen molar-refractivity contribution >= 4 is 23.3 Å². The van der Waals surface area contributed by atoms with Crippen LogP contribution >= 0.6 is 12.2 Å². The van der Waals surface area contributed by atoms with Crippen LogP contribution in [0.1, 0.15) is 31.0 Å². The van der Waals surface area contributed by atoms with Crippen molar-refractivity contribution in [1.82, 2.24) is 24.3 Å². The van der Waals surface area contributed by atoms with E-state index in [0.29, 0.717) is 41.9 Å². The first kappa shape index (κ1) is 16.9. The molecule has 0 radical (unpaired) electrons. The highest BCUT2D eigenvalue weighted by atomic mass is 32.1. The first-order valence-electron chi connectivity index (χ1n) is 8.53. The predicted molar refractivity (Wildman–Crippen MR) is 101 cm³/mol. The number of nitrogens with zero attached hydrogens (tertiary/aromatic N) is 4. The van der Waals surface area contributed by atoms with Crippen LogP contribution in [-0.2, 0) is 18.6 Å². The van der Waals surface area contributed by atoms with Gasteiger partial charge in [0.25, 0.3) is 5.56 Å². The number of aryl methyl sites for hydroxylation is 1. The summed E-state index contributed by atoms with van der Waals surface area (Å²) < 4.78 is 3.50. The lowest BCUT2D eigenvalue weighted by molar-refractivity contribution is 0.0306. The summed E-state index contributed by atoms with van der Waals surface area (Å²) in [6.07, 6.45) is 5.17. The maximum Gasteiger partial charge on any atom is 0.278 e. The summed E-state index contributed by atoms with van der Waals surface area (Å²) in [4.78, 5) is 24.5. The SMILES string of the molecule is C=CCn1c(=O)c2cnc(=S)[nH]c2n1-c1ccc2c(n1)[C@@](O)(CC)CC2. The maximum absolute atomic E-state index is 12.8. The van der Waals surface area contributed by atoms with Crippen LogP contribution in [0.3, 0.4) is 0 Å². The number of fused-ring (bicyclic) bond motifs is 2. The van der Waals surface area contributed by atoms with E-state index in [1.807, 2.05) is 19.1 Å². The van der Waals surface area contributed by atoms with Crippen LogP contribution < -0.4 is 5.56 Å². The van der Waals surface area contributed by atoms with Crippen LogP contribution in [0.2, 0.25) is 0 Å². The van der Waals surface area contributed by atoms with Crippen molar-refractivity contribution in [1.29, 1.82) is 0 Å². The van der Waals surface area contributed by atoms with E-state index in [9.17, 15) is 9.90 Å². The van der Waals surface area contributed by atoms with E-state index < -0.39 is 5.60 Å². The van der Waals surface area contributed by atoms with Gasteiger partial charge in [0.1, 0.15) is 16.6 Å². The molecule has 3 aromatic rings. The van der Waals surface area contributed by atoms with Crippen molar-refractivity contribution in [3.8, 4) is 5.82 Å². The second kappa shape index (κ2) is 6.00. The number of aliphatic hydroxyl groups is 1. The number of hydrogen-bond acceptors (Lipinski definition) is 5. The third kappa shape index (κ3) is 2.37. The molecule has 0 spiro atoms. The van der Waals surface area contributed by atoms with Gasteiger partial charge in [-0.3, -0.25) is 4.79 Å². The zero-order chi connectivity index (χ0) is 18.5. The lowest BCUT2D eigenvalue weighted by Gasteiger charge is -2.21. The van der Waals surface area contributed by atoms with E-state index in [-0.39, 0.29) is 10.3 Å². The van der Waals surface area contributed by atoms with Gasteiger partial charge < -0.3 is 10.1 Å². The normalized spacial score (nSPS) is 19.0. The minimum atomic E-state index is -0.924. The third-order valence-corrected chi connectivity index (χ3v) is 5.23. The number of H-pyrrole nitrogens is 1. The monoisotopic (exact) mass is 369 g/mol. The summed E-state index contributed by atoms with van der Waals surface area (Å²) in [5, 5.41) is 11.3. The molecule has 2 N–H and O–H groups in total. The van der Waals surface area contributed by atoms with Gasteiger partial charge in [-0.15, -0.1) is 6.58 Å². The molecule has 0 aliphatic heterocycles. The molecule has 0 unspecified atom stereocenters. The topological polar surface area (TPSA) is 88.7 Å². The highest BCUT2D eigenvalue weighted by Gasteiger charge is 2.37. The van der Waals surface area contributed by atoms with Gasteiger partial charge in [0.2, 0.25) is 0 Å². The molecule has 8 heteroatoms. The number of allylic oxidation sites excluding steroid dienone is 1. The number of aromatic amines is 1. The maximum atomic E-state index is 12.8. The summed E-state index contributed by atoms with van der Waals surface area (Å²) >= 11 is 5.13. The zero-order valence-electron chi connectivity index (χ0n) is 14.4. The molecule has 0 aromatic carbocycles. The Morgan fingerprint density at radius 2 is 2.31 bits per heavy atom. The number of rotatable bonds is 4. The molecule has 26 heavy (non-hydrogen) atoms. The lowest BCUT2D eigenvalue weighted by atomic mass is 9.98. The van der Waals surface area contributed by atoms with E-state index in [4.69, 9.17) is 17.2 Å². The molecule has 1 aliphatic carbocycles. The smallest absolute Gasteiger partial charge is 0.278 e. The Labute approximate surface area is 154 Å². The molecule has 7 nitrogen and oxygen atoms in total. The van der Waals surface area contributed by atoms with Crippen LogP contribution in [-0.4, -0.2) is 29.4 Å². The van der Waals surface area contributed by atoms with Gasteiger partial charge in [-0.1, -0.05) is 19.1 Å². The van der Waals surface area contributed by atoms with Crippen molar-refractivity contribution in [3.05, 3.63) is 57.4 Å². The van der Waals surface area contributed by atoms with E-state index in [1.54, 1.807) is 10.8 Å². The van der Waals surface area contributed by atoms with Crippen molar-refractivity contribution in [2.24, 2.45) is 0 Å². The summed E-state index contributed by atoms with van der Waals surface area (Å²) in [7, 11) is 0. The van der Waals surface area contributed by atoms with Crippen molar-refractivity contribution in [2.45, 2.75) is 38.3 Å². The van der Waals surface area contributed by atoms with Gasteiger partial charge in [0, 0.05) is 6.20 Å². The molecule has 4 rings (SSSR count). The number of hydrogen-bond donors (Lipinski definition) is 2. The van der Waals surface area contributed by atoms with Crippen LogP contribution in [0.25, 0.3) is 16.9 Å². The van der Waals surface area contributed by atoms with Gasteiger partial charge in [-0.2, -0.15) is 0 Å². The highest BCUT2D eigenvalue weighted by molar-refractivity contribution is 7.71. The van der Waals surface area contributed by atoms with Crippen LogP contribution in [0.15, 0.2) is 35.8 Å². The second-order valence-electron chi connectivity index (χ2n) is 6.50. The Hall–Kier alpha value is -2.58. The Kier molecular flexibility index (Phi) is 3.89. The number of nitrogens with one attached hydrogen (secondary N) is 1. The number of aromatic nitrogens is 5. The largest absolute Gasteiger partial charge is 0.384 e. The molecule has 1 aliphatic rings. The van der Waals surface area contributed by atoms with Crippen molar-refractivity contribution in [3.63, 3.8) is 0 Å². The van der Waals surface area contributed by atoms with Crippen LogP contribution in [0, 0.1) is 4.77 Å². The zero-order valence-corrected chi connectivity index (χ0v) is 15.2. The Morgan fingerprint density at radius 3 is 3.04 bits per heavy atom. The first-order chi connectivity index (χ1) is 12.5. The van der Waals surface area contributed by atoms with E-state index >= 15 is 0 Å². The molecule has 0 bridgehead atoms. The molecular weight excluding hydrogens is 350 g/mol. The average Bonchev–Trinajstić information content (AvgIpc) is 3.11. The van der Waals surface area contributed by atoms with Gasteiger partial charge >= 0.3 is 0 Å². The molecule has 3 heterocycles.